The molecule has 2 nitrogen and oxygen atoms in total. The molecule has 0 aliphatic rings. The highest BCUT2D eigenvalue weighted by Crippen LogP contribution is 2.30. The highest BCUT2D eigenvalue weighted by Gasteiger charge is 2.06. The fourth-order valence-electron chi connectivity index (χ4n) is 1.76. The van der Waals surface area contributed by atoms with E-state index in [0.717, 1.165) is 21.4 Å². The number of para-hydroxylation sites is 1. The van der Waals surface area contributed by atoms with Gasteiger partial charge in [0.2, 0.25) is 0 Å². The second-order valence-corrected chi connectivity index (χ2v) is 6.36. The molecule has 2 aromatic rings. The van der Waals surface area contributed by atoms with Crippen molar-refractivity contribution in [3.05, 3.63) is 59.1 Å². The van der Waals surface area contributed by atoms with Gasteiger partial charge in [0.15, 0.2) is 0 Å². The Hall–Kier alpha value is -0.870. The minimum atomic E-state index is -0.541. The van der Waals surface area contributed by atoms with Crippen LogP contribution < -0.4 is 5.32 Å². The van der Waals surface area contributed by atoms with E-state index in [1.165, 1.54) is 5.56 Å². The lowest BCUT2D eigenvalue weighted by molar-refractivity contribution is 0.211. The van der Waals surface area contributed by atoms with Crippen molar-refractivity contribution in [3.63, 3.8) is 0 Å². The second-order valence-electron chi connectivity index (χ2n) is 4.60. The van der Waals surface area contributed by atoms with E-state index in [9.17, 15) is 5.11 Å². The van der Waals surface area contributed by atoms with Crippen LogP contribution in [-0.2, 0) is 5.75 Å². The molecule has 5 heteroatoms. The zero-order chi connectivity index (χ0) is 15.1. The fourth-order valence-corrected chi connectivity index (χ4v) is 2.98. The number of thioether (sulfide) groups is 1. The number of aliphatic hydroxyl groups excluding tert-OH is 1. The van der Waals surface area contributed by atoms with Crippen LogP contribution in [0.2, 0.25) is 5.02 Å². The summed E-state index contributed by atoms with van der Waals surface area (Å²) in [6.45, 7) is 0.446. The summed E-state index contributed by atoms with van der Waals surface area (Å²) in [4.78, 5) is 1.15. The normalized spacial score (nSPS) is 12.1. The molecule has 21 heavy (non-hydrogen) atoms. The van der Waals surface area contributed by atoms with Gasteiger partial charge in [-0.05, 0) is 29.8 Å². The minimum Gasteiger partial charge on any atom is -0.390 e. The molecule has 0 spiro atoms. The van der Waals surface area contributed by atoms with Gasteiger partial charge < -0.3 is 10.4 Å². The third-order valence-electron chi connectivity index (χ3n) is 2.90. The van der Waals surface area contributed by atoms with Gasteiger partial charge in [-0.3, -0.25) is 0 Å². The molecule has 2 rings (SSSR count). The third-order valence-corrected chi connectivity index (χ3v) is 4.65. The van der Waals surface area contributed by atoms with Crippen LogP contribution in [0.25, 0.3) is 0 Å². The van der Waals surface area contributed by atoms with E-state index in [1.807, 2.05) is 42.5 Å². The number of aliphatic hydroxyl groups is 1. The summed E-state index contributed by atoms with van der Waals surface area (Å²) < 4.78 is 0. The first kappa shape index (κ1) is 16.5. The quantitative estimate of drug-likeness (QED) is 0.568. The van der Waals surface area contributed by atoms with Crippen LogP contribution in [-0.4, -0.2) is 23.6 Å². The Labute approximate surface area is 139 Å². The molecule has 0 amide bonds. The first-order chi connectivity index (χ1) is 10.2. The fraction of sp³-hybridized carbons (Fsp3) is 0.250. The van der Waals surface area contributed by atoms with Gasteiger partial charge in [-0.1, -0.05) is 35.9 Å². The Bertz CT molecular complexity index is 562. The first-order valence-corrected chi connectivity index (χ1v) is 8.53. The average molecular weight is 342 g/mol. The Morgan fingerprint density at radius 2 is 1.81 bits per heavy atom. The topological polar surface area (TPSA) is 32.3 Å². The number of nitrogens with one attached hydrogen (secondary N) is 1. The minimum absolute atomic E-state index is 0.229. The molecule has 0 bridgehead atoms. The van der Waals surface area contributed by atoms with Gasteiger partial charge in [0.05, 0.1) is 12.0 Å². The van der Waals surface area contributed by atoms with Gasteiger partial charge in [-0.2, -0.15) is 0 Å². The zero-order valence-corrected chi connectivity index (χ0v) is 13.8. The predicted molar refractivity (Wildman–Crippen MR) is 92.7 cm³/mol. The number of hydrogen-bond acceptors (Lipinski definition) is 3. The molecular weight excluding hydrogens is 325 g/mol. The number of anilines is 1. The molecule has 0 aliphatic heterocycles. The van der Waals surface area contributed by atoms with Gasteiger partial charge in [-0.25, -0.2) is 0 Å². The molecule has 1 unspecified atom stereocenters. The van der Waals surface area contributed by atoms with Crippen molar-refractivity contribution >= 4 is 40.7 Å². The number of benzene rings is 2. The average Bonchev–Trinajstić information content (AvgIpc) is 2.52. The summed E-state index contributed by atoms with van der Waals surface area (Å²) in [5.74, 6) is 1.10. The van der Waals surface area contributed by atoms with Gasteiger partial charge in [0.25, 0.3) is 0 Å². The van der Waals surface area contributed by atoms with E-state index in [1.54, 1.807) is 11.8 Å². The van der Waals surface area contributed by atoms with Crippen molar-refractivity contribution in [1.82, 2.24) is 0 Å². The molecular formula is C16H17Cl2NOS. The van der Waals surface area contributed by atoms with E-state index >= 15 is 0 Å². The van der Waals surface area contributed by atoms with E-state index in [-0.39, 0.29) is 5.88 Å². The zero-order valence-electron chi connectivity index (χ0n) is 11.4. The largest absolute Gasteiger partial charge is 0.390 e. The molecule has 2 N–H and O–H groups in total. The summed E-state index contributed by atoms with van der Waals surface area (Å²) in [5.41, 5.74) is 2.24. The molecule has 1 atom stereocenters. The van der Waals surface area contributed by atoms with E-state index in [2.05, 4.69) is 11.4 Å². The first-order valence-electron chi connectivity index (χ1n) is 6.63. The maximum Gasteiger partial charge on any atom is 0.0847 e. The molecule has 2 aromatic carbocycles. The molecule has 112 valence electrons. The van der Waals surface area contributed by atoms with Crippen molar-refractivity contribution in [3.8, 4) is 0 Å². The Balaban J connectivity index is 1.97. The Morgan fingerprint density at radius 3 is 2.52 bits per heavy atom. The summed E-state index contributed by atoms with van der Waals surface area (Å²) in [7, 11) is 0. The Kier molecular flexibility index (Phi) is 6.71. The van der Waals surface area contributed by atoms with Crippen LogP contribution in [0.4, 0.5) is 5.69 Å². The molecule has 0 heterocycles. The third kappa shape index (κ3) is 5.44. The van der Waals surface area contributed by atoms with Crippen molar-refractivity contribution in [2.75, 3.05) is 17.7 Å². The predicted octanol–water partition coefficient (Wildman–Crippen LogP) is 4.64. The summed E-state index contributed by atoms with van der Waals surface area (Å²) in [5, 5.41) is 13.5. The van der Waals surface area contributed by atoms with E-state index < -0.39 is 6.10 Å². The van der Waals surface area contributed by atoms with E-state index in [0.29, 0.717) is 6.54 Å². The molecule has 0 saturated carbocycles. The maximum absolute atomic E-state index is 9.53. The second kappa shape index (κ2) is 8.54. The van der Waals surface area contributed by atoms with Crippen molar-refractivity contribution in [2.24, 2.45) is 0 Å². The lowest BCUT2D eigenvalue weighted by Crippen LogP contribution is -2.20. The van der Waals surface area contributed by atoms with Crippen molar-refractivity contribution < 1.29 is 5.11 Å². The highest BCUT2D eigenvalue weighted by atomic mass is 35.5. The van der Waals surface area contributed by atoms with Crippen LogP contribution in [0, 0.1) is 0 Å². The van der Waals surface area contributed by atoms with Gasteiger partial charge >= 0.3 is 0 Å². The van der Waals surface area contributed by atoms with Crippen LogP contribution >= 0.6 is 35.0 Å². The molecule has 0 aromatic heterocycles. The number of halogens is 2. The van der Waals surface area contributed by atoms with E-state index in [4.69, 9.17) is 23.2 Å². The smallest absolute Gasteiger partial charge is 0.0847 e. The summed E-state index contributed by atoms with van der Waals surface area (Å²) in [6.07, 6.45) is -0.541. The number of alkyl halides is 1. The molecule has 0 fully saturated rings. The van der Waals surface area contributed by atoms with Crippen LogP contribution in [0.5, 0.6) is 0 Å². The van der Waals surface area contributed by atoms with Crippen LogP contribution in [0.1, 0.15) is 5.56 Å². The molecule has 0 radical (unpaired) electrons. The number of rotatable bonds is 7. The standard InChI is InChI=1S/C16H17Cl2NOS/c17-9-14(20)10-19-15-3-1-2-4-16(15)21-11-12-5-7-13(18)8-6-12/h1-8,14,19-20H,9-11H2. The lowest BCUT2D eigenvalue weighted by atomic mass is 10.2. The number of hydrogen-bond donors (Lipinski definition) is 2. The van der Waals surface area contributed by atoms with Gasteiger partial charge in [-0.15, -0.1) is 23.4 Å². The molecule has 0 aliphatic carbocycles. The van der Waals surface area contributed by atoms with Crippen molar-refractivity contribution in [1.29, 1.82) is 0 Å². The SMILES string of the molecule is OC(CCl)CNc1ccccc1SCc1ccc(Cl)cc1. The maximum atomic E-state index is 9.53. The van der Waals surface area contributed by atoms with Gasteiger partial charge in [0.1, 0.15) is 0 Å². The summed E-state index contributed by atoms with van der Waals surface area (Å²) >= 11 is 13.2. The monoisotopic (exact) mass is 341 g/mol. The lowest BCUT2D eigenvalue weighted by Gasteiger charge is -2.13. The Morgan fingerprint density at radius 1 is 1.10 bits per heavy atom. The van der Waals surface area contributed by atoms with Crippen LogP contribution in [0.15, 0.2) is 53.4 Å². The molecule has 0 saturated heterocycles. The van der Waals surface area contributed by atoms with Gasteiger partial charge in [0, 0.05) is 27.9 Å². The van der Waals surface area contributed by atoms with Crippen LogP contribution in [0.3, 0.4) is 0 Å². The van der Waals surface area contributed by atoms with Crippen molar-refractivity contribution in [2.45, 2.75) is 16.8 Å². The highest BCUT2D eigenvalue weighted by molar-refractivity contribution is 7.98. The summed E-state index contributed by atoms with van der Waals surface area (Å²) in [6, 6.07) is 15.9.